The van der Waals surface area contributed by atoms with Crippen molar-refractivity contribution in [2.45, 2.75) is 45.3 Å². The fourth-order valence-electron chi connectivity index (χ4n) is 1.64. The van der Waals surface area contributed by atoms with Crippen molar-refractivity contribution in [3.8, 4) is 11.5 Å². The lowest BCUT2D eigenvalue weighted by Crippen LogP contribution is -2.23. The van der Waals surface area contributed by atoms with E-state index in [1.54, 1.807) is 0 Å². The molecule has 0 spiro atoms. The van der Waals surface area contributed by atoms with Crippen molar-refractivity contribution in [3.63, 3.8) is 0 Å². The number of hydrogen-bond donors (Lipinski definition) is 1. The Morgan fingerprint density at radius 2 is 1.82 bits per heavy atom. The molecule has 1 N–H and O–H groups in total. The molecule has 0 heterocycles. The standard InChI is InChI=1S/C14H21NO2/c1-14(2,3)17-12-7-5-6-11(13(12)15-4)16-10-8-9-10/h5-7,10,15H,8-9H2,1-4H3. The van der Waals surface area contributed by atoms with Gasteiger partial charge in [0.2, 0.25) is 0 Å². The van der Waals surface area contributed by atoms with E-state index in [4.69, 9.17) is 9.47 Å². The molecule has 1 aliphatic carbocycles. The van der Waals surface area contributed by atoms with E-state index in [9.17, 15) is 0 Å². The molecule has 0 radical (unpaired) electrons. The maximum absolute atomic E-state index is 5.92. The van der Waals surface area contributed by atoms with E-state index in [-0.39, 0.29) is 5.60 Å². The van der Waals surface area contributed by atoms with E-state index >= 15 is 0 Å². The van der Waals surface area contributed by atoms with Crippen LogP contribution in [0.25, 0.3) is 0 Å². The molecule has 17 heavy (non-hydrogen) atoms. The Morgan fingerprint density at radius 3 is 2.35 bits per heavy atom. The van der Waals surface area contributed by atoms with Gasteiger partial charge in [0.1, 0.15) is 22.8 Å². The largest absolute Gasteiger partial charge is 0.488 e. The highest BCUT2D eigenvalue weighted by molar-refractivity contribution is 5.66. The third kappa shape index (κ3) is 3.29. The van der Waals surface area contributed by atoms with E-state index in [2.05, 4.69) is 5.32 Å². The lowest BCUT2D eigenvalue weighted by molar-refractivity contribution is 0.131. The van der Waals surface area contributed by atoms with Crippen LogP contribution in [-0.2, 0) is 0 Å². The van der Waals surface area contributed by atoms with Gasteiger partial charge >= 0.3 is 0 Å². The van der Waals surface area contributed by atoms with Gasteiger partial charge in [-0.05, 0) is 45.7 Å². The van der Waals surface area contributed by atoms with Gasteiger partial charge in [0, 0.05) is 7.05 Å². The minimum Gasteiger partial charge on any atom is -0.488 e. The van der Waals surface area contributed by atoms with Crippen molar-refractivity contribution < 1.29 is 9.47 Å². The Bertz CT molecular complexity index is 392. The van der Waals surface area contributed by atoms with Crippen LogP contribution in [0.3, 0.4) is 0 Å². The van der Waals surface area contributed by atoms with Crippen LogP contribution in [0.15, 0.2) is 18.2 Å². The van der Waals surface area contributed by atoms with Gasteiger partial charge in [-0.25, -0.2) is 0 Å². The first-order valence-electron chi connectivity index (χ1n) is 6.16. The smallest absolute Gasteiger partial charge is 0.147 e. The van der Waals surface area contributed by atoms with Gasteiger partial charge in [-0.15, -0.1) is 0 Å². The number of para-hydroxylation sites is 1. The summed E-state index contributed by atoms with van der Waals surface area (Å²) in [5.74, 6) is 1.73. The second-order valence-corrected chi connectivity index (χ2v) is 5.41. The van der Waals surface area contributed by atoms with Gasteiger partial charge < -0.3 is 14.8 Å². The highest BCUT2D eigenvalue weighted by Crippen LogP contribution is 2.39. The Morgan fingerprint density at radius 1 is 1.18 bits per heavy atom. The molecule has 1 aromatic carbocycles. The van der Waals surface area contributed by atoms with Gasteiger partial charge in [-0.3, -0.25) is 0 Å². The normalized spacial score (nSPS) is 15.5. The van der Waals surface area contributed by atoms with Gasteiger partial charge in [-0.1, -0.05) is 6.07 Å². The summed E-state index contributed by atoms with van der Waals surface area (Å²) in [6.07, 6.45) is 2.72. The third-order valence-electron chi connectivity index (χ3n) is 2.47. The zero-order valence-corrected chi connectivity index (χ0v) is 11.0. The van der Waals surface area contributed by atoms with Crippen LogP contribution >= 0.6 is 0 Å². The monoisotopic (exact) mass is 235 g/mol. The molecule has 1 fully saturated rings. The molecule has 1 aromatic rings. The quantitative estimate of drug-likeness (QED) is 0.867. The van der Waals surface area contributed by atoms with E-state index in [1.807, 2.05) is 46.0 Å². The molecule has 3 nitrogen and oxygen atoms in total. The van der Waals surface area contributed by atoms with E-state index in [0.717, 1.165) is 30.0 Å². The number of nitrogens with one attached hydrogen (secondary N) is 1. The second kappa shape index (κ2) is 4.47. The van der Waals surface area contributed by atoms with Gasteiger partial charge in [0.25, 0.3) is 0 Å². The molecule has 0 saturated heterocycles. The molecule has 0 aliphatic heterocycles. The van der Waals surface area contributed by atoms with Crippen molar-refractivity contribution >= 4 is 5.69 Å². The first-order valence-corrected chi connectivity index (χ1v) is 6.16. The summed E-state index contributed by atoms with van der Waals surface area (Å²) >= 11 is 0. The van der Waals surface area contributed by atoms with Crippen LogP contribution in [0.2, 0.25) is 0 Å². The number of ether oxygens (including phenoxy) is 2. The Kier molecular flexibility index (Phi) is 3.18. The number of rotatable bonds is 4. The van der Waals surface area contributed by atoms with E-state index in [0.29, 0.717) is 6.10 Å². The highest BCUT2D eigenvalue weighted by Gasteiger charge is 2.25. The molecule has 3 heteroatoms. The summed E-state index contributed by atoms with van der Waals surface area (Å²) in [5, 5.41) is 3.17. The van der Waals surface area contributed by atoms with Crippen molar-refractivity contribution in [2.75, 3.05) is 12.4 Å². The van der Waals surface area contributed by atoms with Crippen LogP contribution in [0.4, 0.5) is 5.69 Å². The topological polar surface area (TPSA) is 30.5 Å². The molecule has 2 rings (SSSR count). The van der Waals surface area contributed by atoms with Crippen LogP contribution in [0.5, 0.6) is 11.5 Å². The lowest BCUT2D eigenvalue weighted by atomic mass is 10.2. The third-order valence-corrected chi connectivity index (χ3v) is 2.47. The molecule has 94 valence electrons. The maximum atomic E-state index is 5.92. The van der Waals surface area contributed by atoms with Crippen LogP contribution in [0, 0.1) is 0 Å². The average molecular weight is 235 g/mol. The van der Waals surface area contributed by atoms with Crippen LogP contribution in [0.1, 0.15) is 33.6 Å². The minimum absolute atomic E-state index is 0.205. The zero-order valence-electron chi connectivity index (χ0n) is 11.0. The molecule has 0 amide bonds. The predicted molar refractivity (Wildman–Crippen MR) is 70.0 cm³/mol. The highest BCUT2D eigenvalue weighted by atomic mass is 16.5. The molecule has 0 aromatic heterocycles. The van der Waals surface area contributed by atoms with Crippen molar-refractivity contribution in [1.29, 1.82) is 0 Å². The lowest BCUT2D eigenvalue weighted by Gasteiger charge is -2.24. The predicted octanol–water partition coefficient (Wildman–Crippen LogP) is 3.45. The van der Waals surface area contributed by atoms with E-state index in [1.165, 1.54) is 0 Å². The Labute approximate surface area is 103 Å². The van der Waals surface area contributed by atoms with Gasteiger partial charge in [0.15, 0.2) is 0 Å². The summed E-state index contributed by atoms with van der Waals surface area (Å²) in [7, 11) is 1.89. The Balaban J connectivity index is 2.24. The summed E-state index contributed by atoms with van der Waals surface area (Å²) < 4.78 is 11.8. The van der Waals surface area contributed by atoms with Crippen LogP contribution in [-0.4, -0.2) is 18.8 Å². The number of benzene rings is 1. The Hall–Kier alpha value is -1.38. The van der Waals surface area contributed by atoms with Crippen LogP contribution < -0.4 is 14.8 Å². The van der Waals surface area contributed by atoms with Gasteiger partial charge in [-0.2, -0.15) is 0 Å². The van der Waals surface area contributed by atoms with Crippen molar-refractivity contribution in [1.82, 2.24) is 0 Å². The summed E-state index contributed by atoms with van der Waals surface area (Å²) in [5.41, 5.74) is 0.735. The first kappa shape index (κ1) is 12.1. The first-order chi connectivity index (χ1) is 7.99. The fraction of sp³-hybridized carbons (Fsp3) is 0.571. The fourth-order valence-corrected chi connectivity index (χ4v) is 1.64. The zero-order chi connectivity index (χ0) is 12.5. The minimum atomic E-state index is -0.205. The second-order valence-electron chi connectivity index (χ2n) is 5.41. The molecule has 0 atom stereocenters. The molecular weight excluding hydrogens is 214 g/mol. The average Bonchev–Trinajstić information content (AvgIpc) is 2.99. The molecule has 0 unspecified atom stereocenters. The number of hydrogen-bond acceptors (Lipinski definition) is 3. The molecule has 1 aliphatic rings. The summed E-state index contributed by atoms with van der Waals surface area (Å²) in [6.45, 7) is 6.13. The number of anilines is 1. The SMILES string of the molecule is CNc1c(OC2CC2)cccc1OC(C)(C)C. The molecular formula is C14H21NO2. The van der Waals surface area contributed by atoms with E-state index < -0.39 is 0 Å². The maximum Gasteiger partial charge on any atom is 0.147 e. The summed E-state index contributed by atoms with van der Waals surface area (Å²) in [4.78, 5) is 0. The van der Waals surface area contributed by atoms with Crippen molar-refractivity contribution in [2.24, 2.45) is 0 Å². The molecule has 0 bridgehead atoms. The van der Waals surface area contributed by atoms with Crippen molar-refractivity contribution in [3.05, 3.63) is 18.2 Å². The molecule has 1 saturated carbocycles. The van der Waals surface area contributed by atoms with Gasteiger partial charge in [0.05, 0.1) is 6.10 Å². The summed E-state index contributed by atoms with van der Waals surface area (Å²) in [6, 6.07) is 5.93.